The number of rotatable bonds is 3. The van der Waals surface area contributed by atoms with Crippen LogP contribution in [0.2, 0.25) is 0 Å². The molecule has 3 nitrogen and oxygen atoms in total. The van der Waals surface area contributed by atoms with Crippen LogP contribution >= 0.6 is 24.0 Å². The van der Waals surface area contributed by atoms with Crippen LogP contribution in [-0.4, -0.2) is 5.96 Å². The quantitative estimate of drug-likeness (QED) is 0.466. The molecule has 0 saturated carbocycles. The summed E-state index contributed by atoms with van der Waals surface area (Å²) >= 11 is 0. The highest BCUT2D eigenvalue weighted by molar-refractivity contribution is 14.0. The minimum Gasteiger partial charge on any atom is -0.370 e. The Bertz CT molecular complexity index is 641. The maximum atomic E-state index is 13.4. The molecule has 0 aliphatic rings. The van der Waals surface area contributed by atoms with Gasteiger partial charge in [-0.2, -0.15) is 0 Å². The van der Waals surface area contributed by atoms with Gasteiger partial charge in [0.1, 0.15) is 5.82 Å². The lowest BCUT2D eigenvalue weighted by Crippen LogP contribution is -2.22. The smallest absolute Gasteiger partial charge is 0.193 e. The second-order valence-electron chi connectivity index (χ2n) is 4.78. The molecule has 0 spiro atoms. The Morgan fingerprint density at radius 3 is 2.62 bits per heavy atom. The minimum absolute atomic E-state index is 0. The van der Waals surface area contributed by atoms with Gasteiger partial charge < -0.3 is 11.1 Å². The van der Waals surface area contributed by atoms with Crippen LogP contribution in [0.15, 0.2) is 47.5 Å². The average molecular weight is 399 g/mol. The standard InChI is InChI=1S/C16H18FN3.HI/c1-11-4-3-5-14(8-11)20-16(18)19-10-13-7-6-12(2)15(17)9-13;/h3-9H,10H2,1-2H3,(H3,18,19,20);1H. The molecule has 0 aliphatic heterocycles. The molecular weight excluding hydrogens is 380 g/mol. The lowest BCUT2D eigenvalue weighted by Gasteiger charge is -2.06. The maximum absolute atomic E-state index is 13.4. The van der Waals surface area contributed by atoms with E-state index in [-0.39, 0.29) is 29.8 Å². The number of nitrogens with one attached hydrogen (secondary N) is 1. The van der Waals surface area contributed by atoms with E-state index in [0.717, 1.165) is 16.8 Å². The van der Waals surface area contributed by atoms with Crippen molar-refractivity contribution in [2.75, 3.05) is 5.32 Å². The number of benzene rings is 2. The van der Waals surface area contributed by atoms with E-state index in [0.29, 0.717) is 18.1 Å². The molecule has 0 fully saturated rings. The summed E-state index contributed by atoms with van der Waals surface area (Å²) in [6.45, 7) is 4.09. The van der Waals surface area contributed by atoms with E-state index in [1.54, 1.807) is 13.0 Å². The van der Waals surface area contributed by atoms with E-state index in [4.69, 9.17) is 5.73 Å². The van der Waals surface area contributed by atoms with Crippen LogP contribution in [-0.2, 0) is 6.54 Å². The summed E-state index contributed by atoms with van der Waals surface area (Å²) in [6, 6.07) is 12.9. The topological polar surface area (TPSA) is 50.4 Å². The highest BCUT2D eigenvalue weighted by atomic mass is 127. The van der Waals surface area contributed by atoms with Gasteiger partial charge in [0.15, 0.2) is 5.96 Å². The van der Waals surface area contributed by atoms with Gasteiger partial charge in [0.2, 0.25) is 0 Å². The Morgan fingerprint density at radius 1 is 1.19 bits per heavy atom. The number of aryl methyl sites for hydroxylation is 2. The molecule has 0 saturated heterocycles. The van der Waals surface area contributed by atoms with E-state index in [9.17, 15) is 4.39 Å². The first kappa shape index (κ1) is 17.4. The van der Waals surface area contributed by atoms with Crippen molar-refractivity contribution in [3.05, 3.63) is 65.0 Å². The summed E-state index contributed by atoms with van der Waals surface area (Å²) < 4.78 is 13.4. The van der Waals surface area contributed by atoms with Crippen LogP contribution in [0.5, 0.6) is 0 Å². The van der Waals surface area contributed by atoms with Gasteiger partial charge in [-0.25, -0.2) is 9.38 Å². The Morgan fingerprint density at radius 2 is 1.95 bits per heavy atom. The Balaban J connectivity index is 0.00000220. The van der Waals surface area contributed by atoms with Gasteiger partial charge in [0.25, 0.3) is 0 Å². The summed E-state index contributed by atoms with van der Waals surface area (Å²) in [7, 11) is 0. The van der Waals surface area contributed by atoms with Crippen LogP contribution in [0.1, 0.15) is 16.7 Å². The fraction of sp³-hybridized carbons (Fsp3) is 0.188. The van der Waals surface area contributed by atoms with Crippen LogP contribution in [0.3, 0.4) is 0 Å². The number of aliphatic imine (C=N–C) groups is 1. The molecule has 0 heterocycles. The zero-order chi connectivity index (χ0) is 14.5. The predicted octanol–water partition coefficient (Wildman–Crippen LogP) is 3.99. The highest BCUT2D eigenvalue weighted by Gasteiger charge is 2.00. The Kier molecular flexibility index (Phi) is 6.61. The third-order valence-electron chi connectivity index (χ3n) is 2.96. The number of hydrogen-bond donors (Lipinski definition) is 2. The van der Waals surface area contributed by atoms with Gasteiger partial charge >= 0.3 is 0 Å². The molecule has 0 unspecified atom stereocenters. The molecule has 3 N–H and O–H groups in total. The number of nitrogens with zero attached hydrogens (tertiary/aromatic N) is 1. The number of anilines is 1. The molecule has 5 heteroatoms. The van der Waals surface area contributed by atoms with Crippen LogP contribution < -0.4 is 11.1 Å². The molecule has 21 heavy (non-hydrogen) atoms. The van der Waals surface area contributed by atoms with Crippen molar-refractivity contribution < 1.29 is 4.39 Å². The van der Waals surface area contributed by atoms with Gasteiger partial charge in [-0.1, -0.05) is 24.3 Å². The third kappa shape index (κ3) is 5.34. The van der Waals surface area contributed by atoms with Crippen molar-refractivity contribution in [2.45, 2.75) is 20.4 Å². The molecule has 0 amide bonds. The first-order chi connectivity index (χ1) is 9.54. The van der Waals surface area contributed by atoms with E-state index in [1.807, 2.05) is 37.3 Å². The summed E-state index contributed by atoms with van der Waals surface area (Å²) in [6.07, 6.45) is 0. The molecule has 112 valence electrons. The Labute approximate surface area is 141 Å². The van der Waals surface area contributed by atoms with Crippen molar-refractivity contribution in [1.82, 2.24) is 0 Å². The molecule has 2 rings (SSSR count). The highest BCUT2D eigenvalue weighted by Crippen LogP contribution is 2.11. The lowest BCUT2D eigenvalue weighted by molar-refractivity contribution is 0.616. The fourth-order valence-corrected chi connectivity index (χ4v) is 1.82. The fourth-order valence-electron chi connectivity index (χ4n) is 1.82. The second kappa shape index (κ2) is 7.97. The van der Waals surface area contributed by atoms with Crippen molar-refractivity contribution in [3.63, 3.8) is 0 Å². The first-order valence-corrected chi connectivity index (χ1v) is 6.43. The monoisotopic (exact) mass is 399 g/mol. The number of hydrogen-bond acceptors (Lipinski definition) is 1. The molecule has 0 aromatic heterocycles. The van der Waals surface area contributed by atoms with Crippen molar-refractivity contribution in [2.24, 2.45) is 10.7 Å². The molecule has 2 aromatic rings. The first-order valence-electron chi connectivity index (χ1n) is 6.43. The SMILES string of the molecule is Cc1cccc(NC(N)=NCc2ccc(C)c(F)c2)c1.I. The summed E-state index contributed by atoms with van der Waals surface area (Å²) in [5.74, 6) is 0.0968. The predicted molar refractivity (Wildman–Crippen MR) is 96.7 cm³/mol. The molecule has 2 aromatic carbocycles. The van der Waals surface area contributed by atoms with E-state index < -0.39 is 0 Å². The van der Waals surface area contributed by atoms with Crippen LogP contribution in [0, 0.1) is 19.7 Å². The van der Waals surface area contributed by atoms with Gasteiger partial charge in [-0.05, 0) is 48.7 Å². The Hall–Kier alpha value is -1.63. The third-order valence-corrected chi connectivity index (χ3v) is 2.96. The van der Waals surface area contributed by atoms with Gasteiger partial charge in [0.05, 0.1) is 6.54 Å². The molecule has 0 radical (unpaired) electrons. The van der Waals surface area contributed by atoms with Gasteiger partial charge in [-0.15, -0.1) is 24.0 Å². The van der Waals surface area contributed by atoms with Crippen LogP contribution in [0.4, 0.5) is 10.1 Å². The average Bonchev–Trinajstić information content (AvgIpc) is 2.40. The minimum atomic E-state index is -0.220. The molecule has 0 atom stereocenters. The zero-order valence-corrected chi connectivity index (χ0v) is 14.4. The molecule has 0 aliphatic carbocycles. The van der Waals surface area contributed by atoms with E-state index in [1.165, 1.54) is 6.07 Å². The van der Waals surface area contributed by atoms with Crippen LogP contribution in [0.25, 0.3) is 0 Å². The maximum Gasteiger partial charge on any atom is 0.193 e. The van der Waals surface area contributed by atoms with Gasteiger partial charge in [-0.3, -0.25) is 0 Å². The molecular formula is C16H19FIN3. The summed E-state index contributed by atoms with van der Waals surface area (Å²) in [5.41, 5.74) is 9.27. The van der Waals surface area contributed by atoms with Crippen molar-refractivity contribution in [3.8, 4) is 0 Å². The van der Waals surface area contributed by atoms with E-state index >= 15 is 0 Å². The molecule has 0 bridgehead atoms. The zero-order valence-electron chi connectivity index (χ0n) is 12.1. The van der Waals surface area contributed by atoms with Gasteiger partial charge in [0, 0.05) is 5.69 Å². The normalized spacial score (nSPS) is 10.9. The summed E-state index contributed by atoms with van der Waals surface area (Å²) in [4.78, 5) is 4.21. The number of halogens is 2. The van der Waals surface area contributed by atoms with Crippen molar-refractivity contribution in [1.29, 1.82) is 0 Å². The van der Waals surface area contributed by atoms with E-state index in [2.05, 4.69) is 10.3 Å². The number of nitrogens with two attached hydrogens (primary N) is 1. The summed E-state index contributed by atoms with van der Waals surface area (Å²) in [5, 5.41) is 3.01. The number of guanidine groups is 1. The second-order valence-corrected chi connectivity index (χ2v) is 4.78. The van der Waals surface area contributed by atoms with Crippen molar-refractivity contribution >= 4 is 35.6 Å². The largest absolute Gasteiger partial charge is 0.370 e. The lowest BCUT2D eigenvalue weighted by atomic mass is 10.1.